The molecule has 0 saturated carbocycles. The van der Waals surface area contributed by atoms with E-state index in [1.807, 2.05) is 6.07 Å². The smallest absolute Gasteiger partial charge is 0.268 e. The Morgan fingerprint density at radius 2 is 1.89 bits per heavy atom. The maximum atomic E-state index is 11.9. The third-order valence-corrected chi connectivity index (χ3v) is 2.84. The minimum Gasteiger partial charge on any atom is -0.530 e. The van der Waals surface area contributed by atoms with Crippen LogP contribution in [0.25, 0.3) is 0 Å². The predicted octanol–water partition coefficient (Wildman–Crippen LogP) is 0.240. The number of hydrogen-bond acceptors (Lipinski definition) is 4. The minimum absolute atomic E-state index is 0.0909. The van der Waals surface area contributed by atoms with Gasteiger partial charge in [-0.3, -0.25) is 9.63 Å². The number of benzene rings is 1. The highest BCUT2D eigenvalue weighted by Crippen LogP contribution is 2.09. The highest BCUT2D eigenvalue weighted by atomic mass is 16.7. The van der Waals surface area contributed by atoms with Gasteiger partial charge in [-0.15, -0.1) is 0 Å². The van der Waals surface area contributed by atoms with Crippen molar-refractivity contribution in [2.24, 2.45) is 0 Å². The van der Waals surface area contributed by atoms with Crippen LogP contribution in [0.4, 0.5) is 4.79 Å². The molecule has 0 spiro atoms. The number of likely N-dealkylation sites (N-methyl/N-ethyl adjacent to an activating group) is 1. The van der Waals surface area contributed by atoms with E-state index >= 15 is 0 Å². The van der Waals surface area contributed by atoms with Gasteiger partial charge in [-0.25, -0.2) is 5.06 Å². The number of carbonyl (C=O) groups is 2. The van der Waals surface area contributed by atoms with Gasteiger partial charge in [-0.1, -0.05) is 30.3 Å². The summed E-state index contributed by atoms with van der Waals surface area (Å²) in [6.45, 7) is 1.59. The second-order valence-electron chi connectivity index (χ2n) is 4.07. The van der Waals surface area contributed by atoms with Crippen LogP contribution in [-0.4, -0.2) is 42.2 Å². The van der Waals surface area contributed by atoms with Crippen LogP contribution in [0, 0.1) is 0 Å². The summed E-state index contributed by atoms with van der Waals surface area (Å²) >= 11 is 0. The molecular weight excluding hydrogens is 248 g/mol. The van der Waals surface area contributed by atoms with Crippen molar-refractivity contribution in [3.05, 3.63) is 35.9 Å². The zero-order chi connectivity index (χ0) is 14.4. The van der Waals surface area contributed by atoms with Crippen molar-refractivity contribution < 1.29 is 19.5 Å². The summed E-state index contributed by atoms with van der Waals surface area (Å²) < 4.78 is 0. The Balaban J connectivity index is 2.83. The van der Waals surface area contributed by atoms with Crippen LogP contribution in [0.3, 0.4) is 0 Å². The molecule has 0 bridgehead atoms. The lowest BCUT2D eigenvalue weighted by molar-refractivity contribution is -0.269. The standard InChI is InChI=1S/C13H18N2O4/c1-10(12(16)14(2)19-3)15(13(17)18)9-11-7-5-4-6-8-11/h4-8,10H,9H2,1-3H3,(H,17,18)/p-1. The van der Waals surface area contributed by atoms with Crippen LogP contribution in [0.1, 0.15) is 12.5 Å². The fourth-order valence-corrected chi connectivity index (χ4v) is 1.63. The summed E-state index contributed by atoms with van der Waals surface area (Å²) in [7, 11) is 2.76. The van der Waals surface area contributed by atoms with Gasteiger partial charge in [-0.05, 0) is 12.5 Å². The number of nitrogens with zero attached hydrogens (tertiary/aromatic N) is 2. The largest absolute Gasteiger partial charge is 0.530 e. The Hall–Kier alpha value is -2.08. The first-order valence-electron chi connectivity index (χ1n) is 5.80. The topological polar surface area (TPSA) is 72.9 Å². The fraction of sp³-hybridized carbons (Fsp3) is 0.385. The second-order valence-corrected chi connectivity index (χ2v) is 4.07. The van der Waals surface area contributed by atoms with E-state index in [2.05, 4.69) is 0 Å². The minimum atomic E-state index is -1.39. The number of carbonyl (C=O) groups excluding carboxylic acids is 2. The quantitative estimate of drug-likeness (QED) is 0.715. The van der Waals surface area contributed by atoms with Gasteiger partial charge >= 0.3 is 0 Å². The van der Waals surface area contributed by atoms with E-state index < -0.39 is 18.0 Å². The van der Waals surface area contributed by atoms with Crippen molar-refractivity contribution in [1.82, 2.24) is 9.96 Å². The fourth-order valence-electron chi connectivity index (χ4n) is 1.63. The average molecular weight is 265 g/mol. The van der Waals surface area contributed by atoms with Crippen molar-refractivity contribution in [3.63, 3.8) is 0 Å². The van der Waals surface area contributed by atoms with Crippen LogP contribution in [0.5, 0.6) is 0 Å². The SMILES string of the molecule is CON(C)C(=O)C(C)N(Cc1ccccc1)C(=O)[O-]. The lowest BCUT2D eigenvalue weighted by Gasteiger charge is -2.32. The summed E-state index contributed by atoms with van der Waals surface area (Å²) in [6, 6.07) is 8.13. The molecule has 0 radical (unpaired) electrons. The zero-order valence-corrected chi connectivity index (χ0v) is 11.2. The van der Waals surface area contributed by atoms with Gasteiger partial charge in [0, 0.05) is 13.6 Å². The Morgan fingerprint density at radius 3 is 2.37 bits per heavy atom. The van der Waals surface area contributed by atoms with Gasteiger partial charge in [0.05, 0.1) is 7.11 Å². The van der Waals surface area contributed by atoms with Crippen LogP contribution < -0.4 is 5.11 Å². The molecule has 0 aliphatic carbocycles. The molecule has 0 aromatic heterocycles. The molecule has 1 atom stereocenters. The Morgan fingerprint density at radius 1 is 1.32 bits per heavy atom. The van der Waals surface area contributed by atoms with Gasteiger partial charge in [-0.2, -0.15) is 0 Å². The highest BCUT2D eigenvalue weighted by Gasteiger charge is 2.24. The molecule has 1 rings (SSSR count). The van der Waals surface area contributed by atoms with Gasteiger partial charge in [0.25, 0.3) is 5.91 Å². The van der Waals surface area contributed by atoms with E-state index in [9.17, 15) is 14.7 Å². The van der Waals surface area contributed by atoms with Crippen LogP contribution in [0.15, 0.2) is 30.3 Å². The van der Waals surface area contributed by atoms with Crippen molar-refractivity contribution in [2.75, 3.05) is 14.2 Å². The molecule has 1 aromatic rings. The Labute approximate surface area is 112 Å². The van der Waals surface area contributed by atoms with Crippen molar-refractivity contribution in [2.45, 2.75) is 19.5 Å². The number of hydroxylamine groups is 2. The van der Waals surface area contributed by atoms with Crippen molar-refractivity contribution in [1.29, 1.82) is 0 Å². The summed E-state index contributed by atoms with van der Waals surface area (Å²) in [4.78, 5) is 28.8. The third-order valence-electron chi connectivity index (χ3n) is 2.84. The Bertz CT molecular complexity index is 436. The molecule has 0 aliphatic rings. The van der Waals surface area contributed by atoms with Crippen molar-refractivity contribution >= 4 is 12.0 Å². The average Bonchev–Trinajstić information content (AvgIpc) is 2.43. The third kappa shape index (κ3) is 3.96. The van der Waals surface area contributed by atoms with Gasteiger partial charge in [0.2, 0.25) is 0 Å². The van der Waals surface area contributed by atoms with E-state index in [0.717, 1.165) is 15.5 Å². The first-order valence-corrected chi connectivity index (χ1v) is 5.80. The molecule has 0 heterocycles. The summed E-state index contributed by atoms with van der Waals surface area (Å²) in [5, 5.41) is 12.2. The molecule has 6 heteroatoms. The van der Waals surface area contributed by atoms with Crippen LogP contribution in [-0.2, 0) is 16.2 Å². The normalized spacial score (nSPS) is 11.7. The summed E-state index contributed by atoms with van der Waals surface area (Å²) in [6.07, 6.45) is -1.39. The molecule has 0 aliphatic heterocycles. The van der Waals surface area contributed by atoms with E-state index in [-0.39, 0.29) is 6.54 Å². The molecule has 0 saturated heterocycles. The second kappa shape index (κ2) is 6.75. The molecule has 0 fully saturated rings. The van der Waals surface area contributed by atoms with Gasteiger partial charge in [0.15, 0.2) is 0 Å². The van der Waals surface area contributed by atoms with Crippen molar-refractivity contribution in [3.8, 4) is 0 Å². The lowest BCUT2D eigenvalue weighted by Crippen LogP contribution is -2.52. The number of carboxylic acid groups (broad SMARTS) is 1. The molecule has 0 N–H and O–H groups in total. The summed E-state index contributed by atoms with van der Waals surface area (Å²) in [5.74, 6) is -0.456. The van der Waals surface area contributed by atoms with Crippen LogP contribution >= 0.6 is 0 Å². The Kier molecular flexibility index (Phi) is 5.32. The maximum absolute atomic E-state index is 11.9. The molecule has 19 heavy (non-hydrogen) atoms. The van der Waals surface area contributed by atoms with E-state index in [1.54, 1.807) is 24.3 Å². The van der Waals surface area contributed by atoms with Gasteiger partial charge < -0.3 is 14.8 Å². The number of hydrogen-bond donors (Lipinski definition) is 0. The number of amides is 2. The molecular formula is C13H17N2O4-. The molecule has 1 aromatic carbocycles. The first-order chi connectivity index (χ1) is 8.97. The van der Waals surface area contributed by atoms with E-state index in [4.69, 9.17) is 4.84 Å². The molecule has 2 amide bonds. The van der Waals surface area contributed by atoms with E-state index in [0.29, 0.717) is 0 Å². The highest BCUT2D eigenvalue weighted by molar-refractivity contribution is 5.83. The summed E-state index contributed by atoms with van der Waals surface area (Å²) in [5.41, 5.74) is 0.784. The molecule has 104 valence electrons. The van der Waals surface area contributed by atoms with E-state index in [1.165, 1.54) is 21.1 Å². The molecule has 6 nitrogen and oxygen atoms in total. The first kappa shape index (κ1) is 15.0. The number of rotatable bonds is 5. The predicted molar refractivity (Wildman–Crippen MR) is 66.6 cm³/mol. The van der Waals surface area contributed by atoms with Gasteiger partial charge in [0.1, 0.15) is 12.1 Å². The van der Waals surface area contributed by atoms with Crippen LogP contribution in [0.2, 0.25) is 0 Å². The monoisotopic (exact) mass is 265 g/mol. The zero-order valence-electron chi connectivity index (χ0n) is 11.2. The maximum Gasteiger partial charge on any atom is 0.268 e. The lowest BCUT2D eigenvalue weighted by atomic mass is 10.2. The molecule has 1 unspecified atom stereocenters.